The Morgan fingerprint density at radius 3 is 2.50 bits per heavy atom. The molecule has 3 rings (SSSR count). The maximum absolute atomic E-state index is 12.4. The second kappa shape index (κ2) is 7.69. The van der Waals surface area contributed by atoms with Gasteiger partial charge in [0.15, 0.2) is 0 Å². The average molecular weight is 329 g/mol. The summed E-state index contributed by atoms with van der Waals surface area (Å²) in [5, 5.41) is 3.20. The molecular formula is C21H32N2O. The molecule has 0 spiro atoms. The highest BCUT2D eigenvalue weighted by Crippen LogP contribution is 2.49. The Morgan fingerprint density at radius 1 is 1.21 bits per heavy atom. The molecule has 3 nitrogen and oxygen atoms in total. The fraction of sp³-hybridized carbons (Fsp3) is 0.667. The summed E-state index contributed by atoms with van der Waals surface area (Å²) in [5.74, 6) is 2.63. The number of hydrogen-bond acceptors (Lipinski definition) is 2. The quantitative estimate of drug-likeness (QED) is 0.826. The standard InChI is InChI=1S/C21H32N2O/c1-4-15-5-8-17(9-6-15)20(23(2)3)14-22-21(24)13-19-12-16-7-10-18(19)11-16/h5-6,8-9,16,18-20H,4,7,10-14H2,1-3H3,(H,22,24)/t16-,18-,19-,20-/m0/s1. The first kappa shape index (κ1) is 17.5. The number of benzene rings is 1. The maximum Gasteiger partial charge on any atom is 0.220 e. The van der Waals surface area contributed by atoms with E-state index in [0.29, 0.717) is 12.5 Å². The highest BCUT2D eigenvalue weighted by molar-refractivity contribution is 5.76. The molecule has 2 saturated carbocycles. The van der Waals surface area contributed by atoms with E-state index in [0.717, 1.165) is 24.7 Å². The number of nitrogens with one attached hydrogen (secondary N) is 1. The maximum atomic E-state index is 12.4. The van der Waals surface area contributed by atoms with Crippen molar-refractivity contribution >= 4 is 5.91 Å². The molecule has 2 aliphatic rings. The summed E-state index contributed by atoms with van der Waals surface area (Å²) in [5.41, 5.74) is 2.63. The molecule has 4 atom stereocenters. The predicted molar refractivity (Wildman–Crippen MR) is 98.8 cm³/mol. The zero-order chi connectivity index (χ0) is 17.1. The summed E-state index contributed by atoms with van der Waals surface area (Å²) in [6.45, 7) is 2.87. The van der Waals surface area contributed by atoms with Crippen molar-refractivity contribution in [3.05, 3.63) is 35.4 Å². The molecule has 0 aliphatic heterocycles. The topological polar surface area (TPSA) is 32.3 Å². The Balaban J connectivity index is 1.52. The van der Waals surface area contributed by atoms with E-state index in [-0.39, 0.29) is 11.9 Å². The normalized spacial score (nSPS) is 26.8. The first-order valence-electron chi connectivity index (χ1n) is 9.58. The van der Waals surface area contributed by atoms with Gasteiger partial charge in [0.1, 0.15) is 0 Å². The number of carbonyl (C=O) groups is 1. The lowest BCUT2D eigenvalue weighted by atomic mass is 9.86. The van der Waals surface area contributed by atoms with Crippen molar-refractivity contribution in [1.29, 1.82) is 0 Å². The second-order valence-corrected chi connectivity index (χ2v) is 8.02. The van der Waals surface area contributed by atoms with Crippen molar-refractivity contribution in [3.8, 4) is 0 Å². The fourth-order valence-electron chi connectivity index (χ4n) is 4.72. The Hall–Kier alpha value is -1.35. The van der Waals surface area contributed by atoms with Crippen molar-refractivity contribution in [2.45, 2.75) is 51.5 Å². The largest absolute Gasteiger partial charge is 0.354 e. The number of aryl methyl sites for hydroxylation is 1. The summed E-state index contributed by atoms with van der Waals surface area (Å²) < 4.78 is 0. The molecule has 0 saturated heterocycles. The van der Waals surface area contributed by atoms with Crippen LogP contribution in [0.3, 0.4) is 0 Å². The summed E-state index contributed by atoms with van der Waals surface area (Å²) in [4.78, 5) is 14.6. The average Bonchev–Trinajstić information content (AvgIpc) is 3.18. The van der Waals surface area contributed by atoms with E-state index in [2.05, 4.69) is 55.5 Å². The SMILES string of the molecule is CCc1ccc([C@H](CNC(=O)C[C@@H]2C[C@H]3CC[C@H]2C3)N(C)C)cc1. The fourth-order valence-corrected chi connectivity index (χ4v) is 4.72. The monoisotopic (exact) mass is 328 g/mol. The summed E-state index contributed by atoms with van der Waals surface area (Å²) in [7, 11) is 4.17. The molecular weight excluding hydrogens is 296 g/mol. The Labute approximate surface area is 146 Å². The third-order valence-corrected chi connectivity index (χ3v) is 6.22. The number of fused-ring (bicyclic) bond motifs is 2. The first-order valence-corrected chi connectivity index (χ1v) is 9.58. The Bertz CT molecular complexity index is 551. The van der Waals surface area contributed by atoms with Crippen molar-refractivity contribution in [1.82, 2.24) is 10.2 Å². The number of likely N-dealkylation sites (N-methyl/N-ethyl adjacent to an activating group) is 1. The van der Waals surface area contributed by atoms with Gasteiger partial charge in [-0.15, -0.1) is 0 Å². The van der Waals surface area contributed by atoms with Crippen LogP contribution in [0.4, 0.5) is 0 Å². The summed E-state index contributed by atoms with van der Waals surface area (Å²) in [6, 6.07) is 9.03. The van der Waals surface area contributed by atoms with Gasteiger partial charge in [0.2, 0.25) is 5.91 Å². The molecule has 2 fully saturated rings. The first-order chi connectivity index (χ1) is 11.6. The van der Waals surface area contributed by atoms with Gasteiger partial charge in [0.25, 0.3) is 0 Å². The molecule has 2 aliphatic carbocycles. The van der Waals surface area contributed by atoms with Gasteiger partial charge in [-0.2, -0.15) is 0 Å². The minimum Gasteiger partial charge on any atom is -0.354 e. The van der Waals surface area contributed by atoms with Gasteiger partial charge in [0.05, 0.1) is 6.04 Å². The molecule has 0 heterocycles. The van der Waals surface area contributed by atoms with Gasteiger partial charge in [-0.1, -0.05) is 37.6 Å². The molecule has 3 heteroatoms. The van der Waals surface area contributed by atoms with E-state index in [1.165, 1.54) is 36.8 Å². The zero-order valence-electron chi connectivity index (χ0n) is 15.4. The van der Waals surface area contributed by atoms with Crippen LogP contribution < -0.4 is 5.32 Å². The summed E-state index contributed by atoms with van der Waals surface area (Å²) >= 11 is 0. The minimum atomic E-state index is 0.236. The number of hydrogen-bond donors (Lipinski definition) is 1. The smallest absolute Gasteiger partial charge is 0.220 e. The van der Waals surface area contributed by atoms with E-state index in [1.807, 2.05) is 0 Å². The highest BCUT2D eigenvalue weighted by Gasteiger charge is 2.40. The van der Waals surface area contributed by atoms with Gasteiger partial charge in [-0.3, -0.25) is 4.79 Å². The van der Waals surface area contributed by atoms with E-state index >= 15 is 0 Å². The third kappa shape index (κ3) is 4.00. The lowest BCUT2D eigenvalue weighted by molar-refractivity contribution is -0.122. The molecule has 24 heavy (non-hydrogen) atoms. The van der Waals surface area contributed by atoms with Gasteiger partial charge in [-0.25, -0.2) is 0 Å². The molecule has 1 N–H and O–H groups in total. The van der Waals surface area contributed by atoms with Crippen LogP contribution in [0.2, 0.25) is 0 Å². The van der Waals surface area contributed by atoms with Crippen LogP contribution in [0, 0.1) is 17.8 Å². The van der Waals surface area contributed by atoms with Gasteiger partial charge in [-0.05, 0) is 68.7 Å². The van der Waals surface area contributed by atoms with Crippen LogP contribution in [0.5, 0.6) is 0 Å². The molecule has 2 bridgehead atoms. The van der Waals surface area contributed by atoms with Gasteiger partial charge >= 0.3 is 0 Å². The Morgan fingerprint density at radius 2 is 1.96 bits per heavy atom. The highest BCUT2D eigenvalue weighted by atomic mass is 16.1. The van der Waals surface area contributed by atoms with E-state index in [1.54, 1.807) is 0 Å². The Kier molecular flexibility index (Phi) is 5.60. The van der Waals surface area contributed by atoms with Gasteiger partial charge < -0.3 is 10.2 Å². The molecule has 0 aromatic heterocycles. The van der Waals surface area contributed by atoms with Gasteiger partial charge in [0, 0.05) is 13.0 Å². The molecule has 132 valence electrons. The number of rotatable bonds is 7. The second-order valence-electron chi connectivity index (χ2n) is 8.02. The predicted octanol–water partition coefficient (Wildman–Crippen LogP) is 3.79. The van der Waals surface area contributed by atoms with Crippen LogP contribution in [0.25, 0.3) is 0 Å². The van der Waals surface area contributed by atoms with Crippen LogP contribution >= 0.6 is 0 Å². The molecule has 0 unspecified atom stereocenters. The lowest BCUT2D eigenvalue weighted by Crippen LogP contribution is -2.35. The number of nitrogens with zero attached hydrogens (tertiary/aromatic N) is 1. The van der Waals surface area contributed by atoms with E-state index in [4.69, 9.17) is 0 Å². The number of carbonyl (C=O) groups excluding carboxylic acids is 1. The lowest BCUT2D eigenvalue weighted by Gasteiger charge is -2.26. The van der Waals surface area contributed by atoms with E-state index < -0.39 is 0 Å². The number of amides is 1. The van der Waals surface area contributed by atoms with Crippen LogP contribution in [0.15, 0.2) is 24.3 Å². The van der Waals surface area contributed by atoms with E-state index in [9.17, 15) is 4.79 Å². The third-order valence-electron chi connectivity index (χ3n) is 6.22. The minimum absolute atomic E-state index is 0.236. The molecule has 1 amide bonds. The van der Waals surface area contributed by atoms with Crippen molar-refractivity contribution < 1.29 is 4.79 Å². The van der Waals surface area contributed by atoms with Crippen molar-refractivity contribution in [2.75, 3.05) is 20.6 Å². The molecule has 1 aromatic rings. The van der Waals surface area contributed by atoms with Crippen LogP contribution in [-0.2, 0) is 11.2 Å². The molecule has 0 radical (unpaired) electrons. The zero-order valence-corrected chi connectivity index (χ0v) is 15.4. The van der Waals surface area contributed by atoms with Crippen LogP contribution in [-0.4, -0.2) is 31.4 Å². The summed E-state index contributed by atoms with van der Waals surface area (Å²) in [6.07, 6.45) is 7.21. The van der Waals surface area contributed by atoms with Crippen molar-refractivity contribution in [2.24, 2.45) is 17.8 Å². The van der Waals surface area contributed by atoms with Crippen molar-refractivity contribution in [3.63, 3.8) is 0 Å². The molecule has 1 aromatic carbocycles. The van der Waals surface area contributed by atoms with Crippen LogP contribution in [0.1, 0.15) is 56.2 Å².